The molecule has 0 unspecified atom stereocenters. The van der Waals surface area contributed by atoms with E-state index < -0.39 is 0 Å². The van der Waals surface area contributed by atoms with E-state index in [1.54, 1.807) is 12.1 Å². The van der Waals surface area contributed by atoms with Crippen LogP contribution in [-0.2, 0) is 21.9 Å². The first-order chi connectivity index (χ1) is 6.22. The average molecular weight is 195 g/mol. The molecular formula is C10H11O2S+. The van der Waals surface area contributed by atoms with Gasteiger partial charge in [-0.3, -0.25) is 4.79 Å². The fourth-order valence-corrected chi connectivity index (χ4v) is 1.37. The molecule has 68 valence electrons. The van der Waals surface area contributed by atoms with Crippen molar-refractivity contribution in [3.8, 4) is 5.75 Å². The monoisotopic (exact) mass is 195 g/mol. The first kappa shape index (κ1) is 9.86. The summed E-state index contributed by atoms with van der Waals surface area (Å²) < 4.78 is 4.89. The highest BCUT2D eigenvalue weighted by Crippen LogP contribution is 2.12. The second-order valence-electron chi connectivity index (χ2n) is 2.59. The van der Waals surface area contributed by atoms with E-state index in [1.807, 2.05) is 12.1 Å². The lowest BCUT2D eigenvalue weighted by atomic mass is 10.2. The van der Waals surface area contributed by atoms with Gasteiger partial charge in [-0.05, 0) is 12.1 Å². The molecule has 3 heteroatoms. The van der Waals surface area contributed by atoms with Gasteiger partial charge in [0.2, 0.25) is 0 Å². The number of carbonyl (C=O) groups excluding carboxylic acids is 1. The number of hydrogen-bond acceptors (Lipinski definition) is 2. The van der Waals surface area contributed by atoms with Crippen molar-refractivity contribution < 1.29 is 9.53 Å². The molecule has 0 aromatic heterocycles. The maximum atomic E-state index is 10.6. The Labute approximate surface area is 81.5 Å². The second kappa shape index (κ2) is 4.72. The van der Waals surface area contributed by atoms with Gasteiger partial charge in [-0.15, -0.1) is 0 Å². The van der Waals surface area contributed by atoms with E-state index in [0.717, 1.165) is 5.75 Å². The van der Waals surface area contributed by atoms with Crippen LogP contribution in [0.3, 0.4) is 0 Å². The van der Waals surface area contributed by atoms with Crippen LogP contribution in [0.25, 0.3) is 0 Å². The summed E-state index contributed by atoms with van der Waals surface area (Å²) in [5, 5.41) is 0. The van der Waals surface area contributed by atoms with E-state index in [4.69, 9.17) is 4.74 Å². The van der Waals surface area contributed by atoms with Crippen molar-refractivity contribution in [2.24, 2.45) is 0 Å². The van der Waals surface area contributed by atoms with Gasteiger partial charge in [0, 0.05) is 12.5 Å². The molecule has 0 saturated carbocycles. The minimum absolute atomic E-state index is 0.292. The number of carbonyl (C=O) groups is 1. The molecule has 0 aliphatic heterocycles. The Morgan fingerprint density at radius 3 is 2.54 bits per heavy atom. The normalized spacial score (nSPS) is 9.31. The average Bonchev–Trinajstić information content (AvgIpc) is 2.08. The summed E-state index contributed by atoms with van der Waals surface area (Å²) in [4.78, 5) is 10.6. The lowest BCUT2D eigenvalue weighted by Gasteiger charge is -1.99. The van der Waals surface area contributed by atoms with E-state index in [0.29, 0.717) is 5.75 Å². The SMILES string of the molecule is C=[S+]Cc1ccc(OC(C)=O)cc1. The zero-order valence-electron chi connectivity index (χ0n) is 7.45. The van der Waals surface area contributed by atoms with Gasteiger partial charge in [0.15, 0.2) is 23.0 Å². The van der Waals surface area contributed by atoms with Gasteiger partial charge in [0.25, 0.3) is 0 Å². The summed E-state index contributed by atoms with van der Waals surface area (Å²) >= 11 is 1.52. The maximum Gasteiger partial charge on any atom is 0.308 e. The summed E-state index contributed by atoms with van der Waals surface area (Å²) in [5.41, 5.74) is 1.18. The topological polar surface area (TPSA) is 26.3 Å². The minimum Gasteiger partial charge on any atom is -0.427 e. The summed E-state index contributed by atoms with van der Waals surface area (Å²) in [6.45, 7) is 1.39. The van der Waals surface area contributed by atoms with Crippen molar-refractivity contribution in [3.05, 3.63) is 29.8 Å². The highest BCUT2D eigenvalue weighted by molar-refractivity contribution is 7.75. The van der Waals surface area contributed by atoms with Gasteiger partial charge in [-0.25, -0.2) is 0 Å². The van der Waals surface area contributed by atoms with Gasteiger partial charge in [-0.1, -0.05) is 12.1 Å². The van der Waals surface area contributed by atoms with Crippen molar-refractivity contribution in [1.29, 1.82) is 0 Å². The molecule has 0 spiro atoms. The molecule has 13 heavy (non-hydrogen) atoms. The van der Waals surface area contributed by atoms with Crippen LogP contribution in [0.2, 0.25) is 0 Å². The summed E-state index contributed by atoms with van der Waals surface area (Å²) in [6, 6.07) is 7.42. The zero-order valence-corrected chi connectivity index (χ0v) is 8.26. The lowest BCUT2D eigenvalue weighted by Crippen LogP contribution is -2.00. The Morgan fingerprint density at radius 1 is 1.46 bits per heavy atom. The Morgan fingerprint density at radius 2 is 2.08 bits per heavy atom. The third kappa shape index (κ3) is 3.34. The fourth-order valence-electron chi connectivity index (χ4n) is 0.938. The number of ether oxygens (including phenoxy) is 1. The largest absolute Gasteiger partial charge is 0.427 e. The molecule has 0 amide bonds. The summed E-state index contributed by atoms with van der Waals surface area (Å²) in [7, 11) is 0. The molecule has 0 atom stereocenters. The smallest absolute Gasteiger partial charge is 0.308 e. The van der Waals surface area contributed by atoms with Crippen LogP contribution in [0.4, 0.5) is 0 Å². The first-order valence-electron chi connectivity index (χ1n) is 3.86. The maximum absolute atomic E-state index is 10.6. The highest BCUT2D eigenvalue weighted by atomic mass is 32.1. The highest BCUT2D eigenvalue weighted by Gasteiger charge is 1.99. The predicted octanol–water partition coefficient (Wildman–Crippen LogP) is 1.63. The lowest BCUT2D eigenvalue weighted by molar-refractivity contribution is -0.131. The number of benzene rings is 1. The molecule has 1 rings (SSSR count). The van der Waals surface area contributed by atoms with Crippen LogP contribution in [0.15, 0.2) is 24.3 Å². The molecule has 2 nitrogen and oxygen atoms in total. The zero-order chi connectivity index (χ0) is 9.68. The molecule has 0 N–H and O–H groups in total. The Bertz CT molecular complexity index is 303. The summed E-state index contributed by atoms with van der Waals surface area (Å²) in [6.07, 6.45) is 0. The number of esters is 1. The standard InChI is InChI=1S/C10H11O2S/c1-8(11)12-10-5-3-9(4-6-10)7-13-2/h3-6H,2,7H2,1H3/q+1. The Balaban J connectivity index is 2.69. The van der Waals surface area contributed by atoms with E-state index in [-0.39, 0.29) is 5.97 Å². The summed E-state index contributed by atoms with van der Waals surface area (Å²) in [5.74, 6) is 4.85. The van der Waals surface area contributed by atoms with Crippen molar-refractivity contribution in [2.45, 2.75) is 12.7 Å². The Kier molecular flexibility index (Phi) is 3.58. The van der Waals surface area contributed by atoms with E-state index >= 15 is 0 Å². The molecule has 0 bridgehead atoms. The molecular weight excluding hydrogens is 184 g/mol. The molecule has 0 heterocycles. The second-order valence-corrected chi connectivity index (χ2v) is 3.28. The van der Waals surface area contributed by atoms with Crippen molar-refractivity contribution >= 4 is 23.2 Å². The quantitative estimate of drug-likeness (QED) is 0.317. The van der Waals surface area contributed by atoms with Crippen LogP contribution in [0.5, 0.6) is 5.75 Å². The first-order valence-corrected chi connectivity index (χ1v) is 5.02. The van der Waals surface area contributed by atoms with Gasteiger partial charge < -0.3 is 4.74 Å². The molecule has 1 aromatic carbocycles. The van der Waals surface area contributed by atoms with E-state index in [9.17, 15) is 4.79 Å². The van der Waals surface area contributed by atoms with Gasteiger partial charge in [0.1, 0.15) is 5.75 Å². The Hall–Kier alpha value is -1.22. The molecule has 1 aromatic rings. The molecule has 0 fully saturated rings. The van der Waals surface area contributed by atoms with Crippen molar-refractivity contribution in [2.75, 3.05) is 0 Å². The van der Waals surface area contributed by atoms with Gasteiger partial charge in [0.05, 0.1) is 0 Å². The van der Waals surface area contributed by atoms with Gasteiger partial charge >= 0.3 is 5.97 Å². The molecule has 0 aliphatic carbocycles. The fraction of sp³-hybridized carbons (Fsp3) is 0.200. The van der Waals surface area contributed by atoms with Crippen LogP contribution in [0.1, 0.15) is 12.5 Å². The molecule has 0 aliphatic rings. The van der Waals surface area contributed by atoms with Gasteiger partial charge in [-0.2, -0.15) is 0 Å². The van der Waals surface area contributed by atoms with E-state index in [2.05, 4.69) is 5.87 Å². The van der Waals surface area contributed by atoms with E-state index in [1.165, 1.54) is 23.8 Å². The number of rotatable bonds is 3. The van der Waals surface area contributed by atoms with Crippen LogP contribution in [-0.4, -0.2) is 11.8 Å². The van der Waals surface area contributed by atoms with Crippen LogP contribution in [0, 0.1) is 0 Å². The predicted molar refractivity (Wildman–Crippen MR) is 55.9 cm³/mol. The molecule has 0 radical (unpaired) electrons. The van der Waals surface area contributed by atoms with Crippen LogP contribution < -0.4 is 4.74 Å². The van der Waals surface area contributed by atoms with Crippen molar-refractivity contribution in [1.82, 2.24) is 0 Å². The number of hydrogen-bond donors (Lipinski definition) is 0. The van der Waals surface area contributed by atoms with Crippen molar-refractivity contribution in [3.63, 3.8) is 0 Å². The third-order valence-corrected chi connectivity index (χ3v) is 1.99. The molecule has 0 saturated heterocycles. The third-order valence-electron chi connectivity index (χ3n) is 1.45. The van der Waals surface area contributed by atoms with Crippen LogP contribution >= 0.6 is 0 Å². The minimum atomic E-state index is -0.292.